The van der Waals surface area contributed by atoms with E-state index in [1.165, 1.54) is 5.38 Å². The van der Waals surface area contributed by atoms with Crippen LogP contribution in [0.5, 0.6) is 0 Å². The number of nitrogens with zero attached hydrogens (tertiary/aromatic N) is 1. The molecule has 0 radical (unpaired) electrons. The highest BCUT2D eigenvalue weighted by atomic mass is 79.9. The highest BCUT2D eigenvalue weighted by molar-refractivity contribution is 9.09. The van der Waals surface area contributed by atoms with Gasteiger partial charge in [-0.1, -0.05) is 28.1 Å². The number of aromatic nitrogens is 1. The quantitative estimate of drug-likeness (QED) is 0.688. The minimum atomic E-state index is -4.31. The van der Waals surface area contributed by atoms with Crippen molar-refractivity contribution < 1.29 is 13.2 Å². The molecule has 1 heterocycles. The molecule has 0 saturated carbocycles. The molecule has 0 saturated heterocycles. The van der Waals surface area contributed by atoms with E-state index in [0.717, 1.165) is 11.3 Å². The van der Waals surface area contributed by atoms with Crippen molar-refractivity contribution in [2.75, 3.05) is 5.33 Å². The summed E-state index contributed by atoms with van der Waals surface area (Å²) in [6.07, 6.45) is -4.31. The molecule has 2 nitrogen and oxygen atoms in total. The number of thiazole rings is 1. The van der Waals surface area contributed by atoms with Gasteiger partial charge in [0.05, 0.1) is 5.69 Å². The molecule has 15 heavy (non-hydrogen) atoms. The van der Waals surface area contributed by atoms with Gasteiger partial charge in [-0.2, -0.15) is 13.2 Å². The van der Waals surface area contributed by atoms with Crippen LogP contribution in [-0.4, -0.2) is 21.5 Å². The number of hydrogen-bond donors (Lipinski definition) is 1. The van der Waals surface area contributed by atoms with Gasteiger partial charge in [-0.3, -0.25) is 0 Å². The first-order chi connectivity index (χ1) is 6.86. The number of hydrogen-bond acceptors (Lipinski definition) is 3. The van der Waals surface area contributed by atoms with Crippen molar-refractivity contribution in [3.63, 3.8) is 0 Å². The Bertz CT molecular complexity index is 363. The Labute approximate surface area is 102 Å². The van der Waals surface area contributed by atoms with Crippen molar-refractivity contribution in [2.45, 2.75) is 12.1 Å². The summed E-state index contributed by atoms with van der Waals surface area (Å²) in [4.78, 5) is 3.77. The van der Waals surface area contributed by atoms with Crippen LogP contribution in [0.1, 0.15) is 16.6 Å². The monoisotopic (exact) mass is 318 g/mol. The molecule has 1 atom stereocenters. The summed E-state index contributed by atoms with van der Waals surface area (Å²) in [5, 5.41) is 1.36. The second-order valence-corrected chi connectivity index (χ2v) is 4.64. The largest absolute Gasteiger partial charge is 0.398 e. The van der Waals surface area contributed by atoms with Crippen molar-refractivity contribution in [1.29, 1.82) is 0 Å². The molecule has 0 bridgehead atoms. The Hall–Kier alpha value is -0.210. The SMILES string of the molecule is NC(=S)c1nc(C(CBr)C(F)(F)F)cs1. The van der Waals surface area contributed by atoms with Gasteiger partial charge in [0.1, 0.15) is 10.9 Å². The molecule has 1 aromatic rings. The number of thiocarbonyl (C=S) groups is 1. The van der Waals surface area contributed by atoms with E-state index in [9.17, 15) is 13.2 Å². The fraction of sp³-hybridized carbons (Fsp3) is 0.429. The van der Waals surface area contributed by atoms with E-state index in [0.29, 0.717) is 0 Å². The van der Waals surface area contributed by atoms with Crippen molar-refractivity contribution in [3.05, 3.63) is 16.1 Å². The van der Waals surface area contributed by atoms with E-state index in [1.807, 2.05) is 0 Å². The van der Waals surface area contributed by atoms with Crippen LogP contribution in [0.15, 0.2) is 5.38 Å². The Kier molecular flexibility index (Phi) is 4.07. The van der Waals surface area contributed by atoms with Gasteiger partial charge in [0, 0.05) is 10.7 Å². The maximum atomic E-state index is 12.5. The first-order valence-corrected chi connectivity index (χ1v) is 6.15. The van der Waals surface area contributed by atoms with Gasteiger partial charge < -0.3 is 5.73 Å². The van der Waals surface area contributed by atoms with Gasteiger partial charge in [-0.15, -0.1) is 11.3 Å². The lowest BCUT2D eigenvalue weighted by Crippen LogP contribution is -2.22. The number of nitrogens with two attached hydrogens (primary N) is 1. The number of alkyl halides is 4. The van der Waals surface area contributed by atoms with Crippen molar-refractivity contribution in [1.82, 2.24) is 4.98 Å². The molecule has 0 aliphatic heterocycles. The molecule has 0 fully saturated rings. The molecular formula is C7H6BrF3N2S2. The summed E-state index contributed by atoms with van der Waals surface area (Å²) in [5.74, 6) is -1.61. The van der Waals surface area contributed by atoms with E-state index >= 15 is 0 Å². The lowest BCUT2D eigenvalue weighted by molar-refractivity contribution is -0.145. The van der Waals surface area contributed by atoms with Crippen LogP contribution < -0.4 is 5.73 Å². The zero-order valence-corrected chi connectivity index (χ0v) is 10.4. The van der Waals surface area contributed by atoms with Crippen LogP contribution in [0.2, 0.25) is 0 Å². The van der Waals surface area contributed by atoms with E-state index in [4.69, 9.17) is 5.73 Å². The summed E-state index contributed by atoms with van der Waals surface area (Å²) in [6.45, 7) is 0. The molecule has 0 aliphatic carbocycles. The average Bonchev–Trinajstić information content (AvgIpc) is 2.51. The summed E-state index contributed by atoms with van der Waals surface area (Å²) < 4.78 is 37.5. The first-order valence-electron chi connectivity index (χ1n) is 3.74. The lowest BCUT2D eigenvalue weighted by atomic mass is 10.1. The second-order valence-electron chi connectivity index (χ2n) is 2.69. The minimum absolute atomic E-state index is 0.0155. The molecule has 0 amide bonds. The van der Waals surface area contributed by atoms with Crippen molar-refractivity contribution >= 4 is 44.5 Å². The Morgan fingerprint density at radius 1 is 1.67 bits per heavy atom. The molecule has 1 unspecified atom stereocenters. The molecular weight excluding hydrogens is 313 g/mol. The lowest BCUT2D eigenvalue weighted by Gasteiger charge is -2.15. The standard InChI is InChI=1S/C7H6BrF3N2S2/c8-1-3(7(9,10)11)4-2-15-6(13-4)5(12)14/h2-3H,1H2,(H2,12,14). The smallest absolute Gasteiger partial charge is 0.387 e. The Morgan fingerprint density at radius 3 is 2.60 bits per heavy atom. The zero-order valence-electron chi connectivity index (χ0n) is 7.21. The van der Waals surface area contributed by atoms with E-state index in [2.05, 4.69) is 33.1 Å². The van der Waals surface area contributed by atoms with Crippen molar-refractivity contribution in [3.8, 4) is 0 Å². The molecule has 84 valence electrons. The third-order valence-electron chi connectivity index (χ3n) is 1.64. The van der Waals surface area contributed by atoms with Crippen molar-refractivity contribution in [2.24, 2.45) is 5.73 Å². The van der Waals surface area contributed by atoms with Gasteiger partial charge in [-0.05, 0) is 0 Å². The molecule has 0 aliphatic rings. The minimum Gasteiger partial charge on any atom is -0.387 e. The zero-order chi connectivity index (χ0) is 11.6. The maximum Gasteiger partial charge on any atom is 0.398 e. The third-order valence-corrected chi connectivity index (χ3v) is 3.50. The van der Waals surface area contributed by atoms with Crippen LogP contribution >= 0.6 is 39.5 Å². The van der Waals surface area contributed by atoms with E-state index in [-0.39, 0.29) is 21.0 Å². The molecule has 0 aromatic carbocycles. The van der Waals surface area contributed by atoms with Crippen LogP contribution in [0, 0.1) is 0 Å². The van der Waals surface area contributed by atoms with Crippen LogP contribution in [0.4, 0.5) is 13.2 Å². The molecule has 1 aromatic heterocycles. The predicted molar refractivity (Wildman–Crippen MR) is 60.6 cm³/mol. The summed E-state index contributed by atoms with van der Waals surface area (Å²) >= 11 is 8.46. The Balaban J connectivity index is 2.98. The molecule has 0 spiro atoms. The first kappa shape index (κ1) is 12.9. The topological polar surface area (TPSA) is 38.9 Å². The third kappa shape index (κ3) is 3.12. The van der Waals surface area contributed by atoms with E-state index in [1.54, 1.807) is 0 Å². The van der Waals surface area contributed by atoms with Gasteiger partial charge >= 0.3 is 6.18 Å². The predicted octanol–water partition coefficient (Wildman–Crippen LogP) is 2.82. The average molecular weight is 319 g/mol. The maximum absolute atomic E-state index is 12.5. The number of rotatable bonds is 3. The molecule has 1 rings (SSSR count). The summed E-state index contributed by atoms with van der Waals surface area (Å²) in [5.41, 5.74) is 5.22. The Morgan fingerprint density at radius 2 is 2.27 bits per heavy atom. The van der Waals surface area contributed by atoms with E-state index < -0.39 is 12.1 Å². The summed E-state index contributed by atoms with van der Waals surface area (Å²) in [6, 6.07) is 0. The summed E-state index contributed by atoms with van der Waals surface area (Å²) in [7, 11) is 0. The fourth-order valence-electron chi connectivity index (χ4n) is 0.894. The van der Waals surface area contributed by atoms with Gasteiger partial charge in [0.2, 0.25) is 0 Å². The van der Waals surface area contributed by atoms with Gasteiger partial charge in [0.15, 0.2) is 5.01 Å². The van der Waals surface area contributed by atoms with Crippen LogP contribution in [-0.2, 0) is 0 Å². The van der Waals surface area contributed by atoms with Crippen LogP contribution in [0.25, 0.3) is 0 Å². The molecule has 8 heteroatoms. The van der Waals surface area contributed by atoms with Gasteiger partial charge in [-0.25, -0.2) is 4.98 Å². The molecule has 2 N–H and O–H groups in total. The highest BCUT2D eigenvalue weighted by Crippen LogP contribution is 2.36. The normalized spacial score (nSPS) is 13.9. The second kappa shape index (κ2) is 4.75. The van der Waals surface area contributed by atoms with Crippen LogP contribution in [0.3, 0.4) is 0 Å². The fourth-order valence-corrected chi connectivity index (χ4v) is 2.51. The number of halogens is 4. The highest BCUT2D eigenvalue weighted by Gasteiger charge is 2.41. The van der Waals surface area contributed by atoms with Gasteiger partial charge in [0.25, 0.3) is 0 Å².